The number of carbonyl (C=O) groups is 3. The van der Waals surface area contributed by atoms with Gasteiger partial charge in [-0.25, -0.2) is 18.4 Å². The van der Waals surface area contributed by atoms with Gasteiger partial charge in [0.1, 0.15) is 18.6 Å². The zero-order valence-corrected chi connectivity index (χ0v) is 19.8. The first kappa shape index (κ1) is 25.0. The molecule has 2 aromatic rings. The van der Waals surface area contributed by atoms with E-state index in [1.165, 1.54) is 11.8 Å². The number of alkyl carbamates (subject to hydrolysis) is 1. The number of benzene rings is 2. The lowest BCUT2D eigenvalue weighted by Crippen LogP contribution is -2.42. The number of aliphatic carboxylic acids is 1. The topological polar surface area (TPSA) is 105 Å². The van der Waals surface area contributed by atoms with Gasteiger partial charge in [0.2, 0.25) is 5.91 Å². The standard InChI is InChI=1S/C25H26F2N2O5S/c1-35-11-10-20(23(31)32)29-22(30)21-19(25(21,26)27)12-28-24(33)34-13-18-16-8-4-2-6-14(16)15-7-3-5-9-17(15)18/h2-9,18-21H,10-13H2,1H3,(H,28,33)(H,29,30)(H,31,32). The van der Waals surface area contributed by atoms with Crippen LogP contribution in [0.4, 0.5) is 13.6 Å². The summed E-state index contributed by atoms with van der Waals surface area (Å²) in [5.41, 5.74) is 4.20. The van der Waals surface area contributed by atoms with Crippen LogP contribution >= 0.6 is 11.8 Å². The Hall–Kier alpha value is -3.14. The van der Waals surface area contributed by atoms with Crippen LogP contribution < -0.4 is 10.6 Å². The molecule has 0 aromatic heterocycles. The summed E-state index contributed by atoms with van der Waals surface area (Å²) >= 11 is 1.39. The zero-order valence-electron chi connectivity index (χ0n) is 19.0. The largest absolute Gasteiger partial charge is 0.480 e. The molecule has 2 aliphatic rings. The minimum Gasteiger partial charge on any atom is -0.480 e. The first-order valence-corrected chi connectivity index (χ1v) is 12.6. The van der Waals surface area contributed by atoms with Gasteiger partial charge in [-0.3, -0.25) is 4.79 Å². The van der Waals surface area contributed by atoms with E-state index < -0.39 is 48.3 Å². The zero-order chi connectivity index (χ0) is 25.2. The Morgan fingerprint density at radius 1 is 1.09 bits per heavy atom. The third-order valence-corrected chi connectivity index (χ3v) is 7.16. The number of amides is 2. The molecule has 35 heavy (non-hydrogen) atoms. The summed E-state index contributed by atoms with van der Waals surface area (Å²) in [4.78, 5) is 35.8. The lowest BCUT2D eigenvalue weighted by molar-refractivity contribution is -0.142. The van der Waals surface area contributed by atoms with Crippen LogP contribution in [0.1, 0.15) is 23.5 Å². The van der Waals surface area contributed by atoms with E-state index in [2.05, 4.69) is 10.6 Å². The number of hydrogen-bond acceptors (Lipinski definition) is 5. The van der Waals surface area contributed by atoms with Gasteiger partial charge in [-0.05, 0) is 40.7 Å². The fraction of sp³-hybridized carbons (Fsp3) is 0.400. The molecule has 0 aliphatic heterocycles. The van der Waals surface area contributed by atoms with E-state index in [0.29, 0.717) is 5.75 Å². The number of carboxylic acid groups (broad SMARTS) is 1. The van der Waals surface area contributed by atoms with Crippen molar-refractivity contribution in [2.45, 2.75) is 24.3 Å². The highest BCUT2D eigenvalue weighted by Crippen LogP contribution is 2.55. The SMILES string of the molecule is CSCCC(NC(=O)C1C(CNC(=O)OCC2c3ccccc3-c3ccccc32)C1(F)F)C(=O)O. The van der Waals surface area contributed by atoms with Gasteiger partial charge in [-0.2, -0.15) is 11.8 Å². The molecule has 10 heteroatoms. The highest BCUT2D eigenvalue weighted by molar-refractivity contribution is 7.98. The van der Waals surface area contributed by atoms with E-state index in [1.54, 1.807) is 6.26 Å². The second-order valence-electron chi connectivity index (χ2n) is 8.65. The maximum Gasteiger partial charge on any atom is 0.407 e. The minimum atomic E-state index is -3.33. The van der Waals surface area contributed by atoms with Crippen molar-refractivity contribution in [3.63, 3.8) is 0 Å². The van der Waals surface area contributed by atoms with E-state index in [0.717, 1.165) is 22.3 Å². The van der Waals surface area contributed by atoms with E-state index in [4.69, 9.17) is 4.74 Å². The lowest BCUT2D eigenvalue weighted by Gasteiger charge is -2.14. The average Bonchev–Trinajstić information content (AvgIpc) is 3.25. The molecule has 7 nitrogen and oxygen atoms in total. The Bertz CT molecular complexity index is 1080. The molecule has 3 unspecified atom stereocenters. The van der Waals surface area contributed by atoms with Crippen molar-refractivity contribution < 1.29 is 33.0 Å². The van der Waals surface area contributed by atoms with Crippen LogP contribution in [0.5, 0.6) is 0 Å². The van der Waals surface area contributed by atoms with Gasteiger partial charge in [-0.1, -0.05) is 48.5 Å². The van der Waals surface area contributed by atoms with Crippen molar-refractivity contribution in [3.05, 3.63) is 59.7 Å². The Morgan fingerprint density at radius 3 is 2.26 bits per heavy atom. The van der Waals surface area contributed by atoms with Crippen molar-refractivity contribution in [1.82, 2.24) is 10.6 Å². The lowest BCUT2D eigenvalue weighted by atomic mass is 9.98. The summed E-state index contributed by atoms with van der Waals surface area (Å²) in [5, 5.41) is 13.7. The van der Waals surface area contributed by atoms with E-state index in [9.17, 15) is 28.3 Å². The van der Waals surface area contributed by atoms with Crippen molar-refractivity contribution in [2.24, 2.45) is 11.8 Å². The van der Waals surface area contributed by atoms with Gasteiger partial charge in [-0.15, -0.1) is 0 Å². The molecule has 2 amide bonds. The Balaban J connectivity index is 1.30. The molecular formula is C25H26F2N2O5S. The summed E-state index contributed by atoms with van der Waals surface area (Å²) in [7, 11) is 0. The van der Waals surface area contributed by atoms with E-state index in [1.807, 2.05) is 48.5 Å². The summed E-state index contributed by atoms with van der Waals surface area (Å²) in [6, 6.07) is 14.4. The highest BCUT2D eigenvalue weighted by atomic mass is 32.2. The highest BCUT2D eigenvalue weighted by Gasteiger charge is 2.71. The predicted octanol–water partition coefficient (Wildman–Crippen LogP) is 3.73. The van der Waals surface area contributed by atoms with Gasteiger partial charge in [0.05, 0.1) is 5.92 Å². The van der Waals surface area contributed by atoms with Crippen LogP contribution in [-0.4, -0.2) is 60.2 Å². The normalized spacial score (nSPS) is 20.3. The number of thioether (sulfide) groups is 1. The Labute approximate surface area is 205 Å². The molecule has 0 radical (unpaired) electrons. The third kappa shape index (κ3) is 5.12. The van der Waals surface area contributed by atoms with Gasteiger partial charge in [0.25, 0.3) is 5.92 Å². The van der Waals surface area contributed by atoms with Crippen LogP contribution in [0.3, 0.4) is 0 Å². The molecule has 3 atom stereocenters. The number of hydrogen-bond donors (Lipinski definition) is 3. The maximum absolute atomic E-state index is 14.2. The summed E-state index contributed by atoms with van der Waals surface area (Å²) in [6.07, 6.45) is 1.06. The molecule has 186 valence electrons. The molecular weight excluding hydrogens is 478 g/mol. The summed E-state index contributed by atoms with van der Waals surface area (Å²) in [6.45, 7) is -0.412. The first-order chi connectivity index (χ1) is 16.8. The van der Waals surface area contributed by atoms with Crippen LogP contribution in [0.15, 0.2) is 48.5 Å². The molecule has 1 fully saturated rings. The fourth-order valence-corrected chi connectivity index (χ4v) is 5.07. The molecule has 0 bridgehead atoms. The number of alkyl halides is 2. The average molecular weight is 505 g/mol. The van der Waals surface area contributed by atoms with E-state index in [-0.39, 0.29) is 18.9 Å². The predicted molar refractivity (Wildman–Crippen MR) is 128 cm³/mol. The van der Waals surface area contributed by atoms with Gasteiger partial charge >= 0.3 is 12.1 Å². The smallest absolute Gasteiger partial charge is 0.407 e. The van der Waals surface area contributed by atoms with Crippen LogP contribution in [-0.2, 0) is 14.3 Å². The molecule has 0 spiro atoms. The van der Waals surface area contributed by atoms with Crippen molar-refractivity contribution >= 4 is 29.7 Å². The third-order valence-electron chi connectivity index (χ3n) is 6.52. The number of nitrogens with one attached hydrogen (secondary N) is 2. The number of ether oxygens (including phenoxy) is 1. The van der Waals surface area contributed by atoms with Crippen LogP contribution in [0, 0.1) is 11.8 Å². The maximum atomic E-state index is 14.2. The van der Waals surface area contributed by atoms with Gasteiger partial charge in [0, 0.05) is 12.5 Å². The monoisotopic (exact) mass is 504 g/mol. The van der Waals surface area contributed by atoms with E-state index >= 15 is 0 Å². The summed E-state index contributed by atoms with van der Waals surface area (Å²) < 4.78 is 33.8. The Morgan fingerprint density at radius 2 is 1.69 bits per heavy atom. The molecule has 1 saturated carbocycles. The van der Waals surface area contributed by atoms with Gasteiger partial charge < -0.3 is 20.5 Å². The number of fused-ring (bicyclic) bond motifs is 3. The van der Waals surface area contributed by atoms with Crippen molar-refractivity contribution in [1.29, 1.82) is 0 Å². The van der Waals surface area contributed by atoms with Crippen LogP contribution in [0.25, 0.3) is 11.1 Å². The molecule has 0 heterocycles. The van der Waals surface area contributed by atoms with Crippen LogP contribution in [0.2, 0.25) is 0 Å². The molecule has 3 N–H and O–H groups in total. The molecule has 4 rings (SSSR count). The number of halogens is 2. The molecule has 2 aliphatic carbocycles. The Kier molecular flexibility index (Phi) is 7.30. The van der Waals surface area contributed by atoms with Gasteiger partial charge in [0.15, 0.2) is 0 Å². The quantitative estimate of drug-likeness (QED) is 0.456. The number of carboxylic acids is 1. The number of carbonyl (C=O) groups excluding carboxylic acids is 2. The van der Waals surface area contributed by atoms with Crippen molar-refractivity contribution in [2.75, 3.05) is 25.2 Å². The first-order valence-electron chi connectivity index (χ1n) is 11.2. The van der Waals surface area contributed by atoms with Crippen molar-refractivity contribution in [3.8, 4) is 11.1 Å². The fourth-order valence-electron chi connectivity index (χ4n) is 4.60. The second-order valence-corrected chi connectivity index (χ2v) is 9.63. The second kappa shape index (κ2) is 10.2. The summed E-state index contributed by atoms with van der Waals surface area (Å²) in [5.74, 6) is -8.43. The molecule has 2 aromatic carbocycles. The minimum absolute atomic E-state index is 0.0422. The number of rotatable bonds is 10. The molecule has 0 saturated heterocycles.